The van der Waals surface area contributed by atoms with Gasteiger partial charge in [-0.15, -0.1) is 0 Å². The topological polar surface area (TPSA) is 46.5 Å². The lowest BCUT2D eigenvalue weighted by Crippen LogP contribution is -2.16. The van der Waals surface area contributed by atoms with E-state index in [1.807, 2.05) is 24.5 Å². The Hall–Kier alpha value is -1.00. The number of aliphatic carboxylic acids is 1. The summed E-state index contributed by atoms with van der Waals surface area (Å²) in [5.41, 5.74) is 1.68. The third-order valence-corrected chi connectivity index (χ3v) is 2.85. The third kappa shape index (κ3) is 3.25. The molecule has 0 aliphatic carbocycles. The van der Waals surface area contributed by atoms with Gasteiger partial charge in [0.2, 0.25) is 6.10 Å². The summed E-state index contributed by atoms with van der Waals surface area (Å²) in [6.45, 7) is 0. The number of carboxylic acid groups (broad SMARTS) is 1. The SMILES string of the molecule is CO[C](C(=O)O)c1ccccc1CCSC. The molecule has 0 aromatic heterocycles. The first-order valence-corrected chi connectivity index (χ1v) is 6.31. The van der Waals surface area contributed by atoms with E-state index in [2.05, 4.69) is 0 Å². The first-order chi connectivity index (χ1) is 7.70. The quantitative estimate of drug-likeness (QED) is 0.826. The highest BCUT2D eigenvalue weighted by Crippen LogP contribution is 2.21. The number of hydrogen-bond donors (Lipinski definition) is 1. The summed E-state index contributed by atoms with van der Waals surface area (Å²) < 4.78 is 4.93. The molecule has 0 saturated heterocycles. The lowest BCUT2D eigenvalue weighted by Gasteiger charge is -2.13. The van der Waals surface area contributed by atoms with Crippen LogP contribution in [0.5, 0.6) is 0 Å². The molecule has 1 aromatic rings. The van der Waals surface area contributed by atoms with Crippen molar-refractivity contribution in [2.45, 2.75) is 6.42 Å². The van der Waals surface area contributed by atoms with Crippen LogP contribution in [0.3, 0.4) is 0 Å². The Kier molecular flexibility index (Phi) is 5.35. The molecule has 0 spiro atoms. The monoisotopic (exact) mass is 239 g/mol. The van der Waals surface area contributed by atoms with E-state index < -0.39 is 5.97 Å². The van der Waals surface area contributed by atoms with Crippen LogP contribution in [0.15, 0.2) is 24.3 Å². The molecule has 4 heteroatoms. The number of rotatable bonds is 6. The normalized spacial score (nSPS) is 10.7. The average molecular weight is 239 g/mol. The van der Waals surface area contributed by atoms with Crippen molar-refractivity contribution in [2.24, 2.45) is 0 Å². The van der Waals surface area contributed by atoms with E-state index in [1.165, 1.54) is 7.11 Å². The number of thioether (sulfide) groups is 1. The molecule has 16 heavy (non-hydrogen) atoms. The molecule has 0 amide bonds. The van der Waals surface area contributed by atoms with Gasteiger partial charge < -0.3 is 9.84 Å². The van der Waals surface area contributed by atoms with E-state index in [0.29, 0.717) is 5.56 Å². The van der Waals surface area contributed by atoms with Crippen molar-refractivity contribution in [3.05, 3.63) is 41.5 Å². The van der Waals surface area contributed by atoms with E-state index in [4.69, 9.17) is 9.84 Å². The van der Waals surface area contributed by atoms with Crippen LogP contribution in [0.1, 0.15) is 11.1 Å². The van der Waals surface area contributed by atoms with Crippen molar-refractivity contribution in [3.63, 3.8) is 0 Å². The minimum absolute atomic E-state index is 0.0108. The van der Waals surface area contributed by atoms with Gasteiger partial charge in [0.25, 0.3) is 0 Å². The maximum absolute atomic E-state index is 11.0. The van der Waals surface area contributed by atoms with Crippen molar-refractivity contribution in [1.29, 1.82) is 0 Å². The van der Waals surface area contributed by atoms with E-state index in [1.54, 1.807) is 17.8 Å². The van der Waals surface area contributed by atoms with E-state index >= 15 is 0 Å². The van der Waals surface area contributed by atoms with Gasteiger partial charge in [0.1, 0.15) is 0 Å². The molecular formula is C12H15O3S. The molecule has 1 aromatic carbocycles. The van der Waals surface area contributed by atoms with Gasteiger partial charge in [-0.25, -0.2) is 4.79 Å². The number of carboxylic acids is 1. The standard InChI is InChI=1S/C12H15O3S/c1-15-11(12(13)14)10-6-4-3-5-9(10)7-8-16-2/h3-6H,7-8H2,1-2H3,(H,13,14). The molecule has 87 valence electrons. The second-order valence-corrected chi connectivity index (χ2v) is 4.22. The maximum Gasteiger partial charge on any atom is 0.344 e. The van der Waals surface area contributed by atoms with Crippen LogP contribution in [0, 0.1) is 6.10 Å². The number of ether oxygens (including phenoxy) is 1. The third-order valence-electron chi connectivity index (χ3n) is 2.24. The van der Waals surface area contributed by atoms with Gasteiger partial charge >= 0.3 is 5.97 Å². The van der Waals surface area contributed by atoms with Crippen molar-refractivity contribution in [2.75, 3.05) is 19.1 Å². The van der Waals surface area contributed by atoms with Gasteiger partial charge in [-0.1, -0.05) is 24.3 Å². The molecule has 0 heterocycles. The Balaban J connectivity index is 2.96. The van der Waals surface area contributed by atoms with Crippen molar-refractivity contribution in [3.8, 4) is 0 Å². The van der Waals surface area contributed by atoms with Crippen LogP contribution in [-0.2, 0) is 16.0 Å². The number of carbonyl (C=O) groups is 1. The lowest BCUT2D eigenvalue weighted by atomic mass is 10.0. The zero-order valence-corrected chi connectivity index (χ0v) is 10.2. The first-order valence-electron chi connectivity index (χ1n) is 4.92. The molecule has 0 atom stereocenters. The zero-order valence-electron chi connectivity index (χ0n) is 9.40. The summed E-state index contributed by atoms with van der Waals surface area (Å²) in [4.78, 5) is 11.0. The Morgan fingerprint density at radius 2 is 2.12 bits per heavy atom. The lowest BCUT2D eigenvalue weighted by molar-refractivity contribution is -0.139. The molecule has 0 aliphatic rings. The van der Waals surface area contributed by atoms with Crippen molar-refractivity contribution >= 4 is 17.7 Å². The fourth-order valence-corrected chi connectivity index (χ4v) is 1.91. The number of aryl methyl sites for hydroxylation is 1. The largest absolute Gasteiger partial charge is 0.479 e. The fourth-order valence-electron chi connectivity index (χ4n) is 1.48. The van der Waals surface area contributed by atoms with Gasteiger partial charge in [0.05, 0.1) is 0 Å². The van der Waals surface area contributed by atoms with Crippen LogP contribution in [0.25, 0.3) is 0 Å². The molecule has 0 unspecified atom stereocenters. The molecule has 1 rings (SSSR count). The van der Waals surface area contributed by atoms with Crippen LogP contribution < -0.4 is 0 Å². The summed E-state index contributed by atoms with van der Waals surface area (Å²) in [6, 6.07) is 7.45. The minimum atomic E-state index is -1.03. The molecule has 0 fully saturated rings. The molecule has 1 radical (unpaired) electrons. The average Bonchev–Trinajstić information content (AvgIpc) is 2.28. The molecule has 0 aliphatic heterocycles. The predicted molar refractivity (Wildman–Crippen MR) is 65.5 cm³/mol. The summed E-state index contributed by atoms with van der Waals surface area (Å²) in [7, 11) is 1.38. The second kappa shape index (κ2) is 6.55. The predicted octanol–water partition coefficient (Wildman–Crippen LogP) is 2.20. The minimum Gasteiger partial charge on any atom is -0.479 e. The number of hydrogen-bond acceptors (Lipinski definition) is 3. The van der Waals surface area contributed by atoms with E-state index in [9.17, 15) is 4.79 Å². The summed E-state index contributed by atoms with van der Waals surface area (Å²) in [5, 5.41) is 9.01. The highest BCUT2D eigenvalue weighted by atomic mass is 32.2. The Morgan fingerprint density at radius 1 is 1.44 bits per heavy atom. The second-order valence-electron chi connectivity index (χ2n) is 3.24. The summed E-state index contributed by atoms with van der Waals surface area (Å²) in [6.07, 6.45) is 2.88. The van der Waals surface area contributed by atoms with Crippen LogP contribution >= 0.6 is 11.8 Å². The summed E-state index contributed by atoms with van der Waals surface area (Å²) >= 11 is 1.74. The van der Waals surface area contributed by atoms with Crippen molar-refractivity contribution < 1.29 is 14.6 Å². The van der Waals surface area contributed by atoms with Crippen LogP contribution in [0.4, 0.5) is 0 Å². The number of benzene rings is 1. The molecular weight excluding hydrogens is 224 g/mol. The van der Waals surface area contributed by atoms with Crippen LogP contribution in [0.2, 0.25) is 0 Å². The van der Waals surface area contributed by atoms with Gasteiger partial charge in [-0.3, -0.25) is 0 Å². The van der Waals surface area contributed by atoms with Crippen LogP contribution in [-0.4, -0.2) is 30.2 Å². The summed E-state index contributed by atoms with van der Waals surface area (Å²) in [5.74, 6) is -0.0627. The molecule has 0 saturated carbocycles. The Morgan fingerprint density at radius 3 is 2.69 bits per heavy atom. The van der Waals surface area contributed by atoms with Gasteiger partial charge in [0, 0.05) is 12.7 Å². The highest BCUT2D eigenvalue weighted by Gasteiger charge is 2.23. The van der Waals surface area contributed by atoms with E-state index in [-0.39, 0.29) is 6.10 Å². The Bertz CT molecular complexity index is 352. The number of methoxy groups -OCH3 is 1. The molecule has 1 N–H and O–H groups in total. The van der Waals surface area contributed by atoms with E-state index in [0.717, 1.165) is 17.7 Å². The first kappa shape index (κ1) is 13.1. The van der Waals surface area contributed by atoms with Gasteiger partial charge in [-0.05, 0) is 24.0 Å². The van der Waals surface area contributed by atoms with Gasteiger partial charge in [-0.2, -0.15) is 11.8 Å². The molecule has 0 bridgehead atoms. The maximum atomic E-state index is 11.0. The van der Waals surface area contributed by atoms with Gasteiger partial charge in [0.15, 0.2) is 0 Å². The Labute approximate surface area is 99.8 Å². The fraction of sp³-hybridized carbons (Fsp3) is 0.333. The zero-order chi connectivity index (χ0) is 12.0. The highest BCUT2D eigenvalue weighted by molar-refractivity contribution is 7.98. The molecule has 3 nitrogen and oxygen atoms in total. The smallest absolute Gasteiger partial charge is 0.344 e. The van der Waals surface area contributed by atoms with Crippen molar-refractivity contribution in [1.82, 2.24) is 0 Å².